The van der Waals surface area contributed by atoms with Crippen molar-refractivity contribution in [2.24, 2.45) is 0 Å². The zero-order valence-electron chi connectivity index (χ0n) is 22.8. The lowest BCUT2D eigenvalue weighted by molar-refractivity contribution is -0.123. The number of piperidine rings is 1. The van der Waals surface area contributed by atoms with Crippen LogP contribution in [0.4, 0.5) is 21.8 Å². The third-order valence-corrected chi connectivity index (χ3v) is 8.77. The number of carbonyl (C=O) groups excluding carboxylic acids is 1. The maximum atomic E-state index is 15.7. The number of halogens is 1. The van der Waals surface area contributed by atoms with E-state index in [0.717, 1.165) is 70.0 Å². The third-order valence-electron chi connectivity index (χ3n) is 8.77. The predicted molar refractivity (Wildman–Crippen MR) is 147 cm³/mol. The molecule has 2 aromatic rings. The van der Waals surface area contributed by atoms with E-state index in [-0.39, 0.29) is 11.5 Å². The van der Waals surface area contributed by atoms with Gasteiger partial charge in [0.05, 0.1) is 36.5 Å². The van der Waals surface area contributed by atoms with Gasteiger partial charge in [0.2, 0.25) is 11.9 Å². The molecule has 210 valence electrons. The molecule has 10 nitrogen and oxygen atoms in total. The van der Waals surface area contributed by atoms with E-state index in [0.29, 0.717) is 55.5 Å². The second kappa shape index (κ2) is 10.4. The molecule has 6 rings (SSSR count). The van der Waals surface area contributed by atoms with Crippen LogP contribution in [-0.4, -0.2) is 94.0 Å². The van der Waals surface area contributed by atoms with Crippen LogP contribution in [0.25, 0.3) is 0 Å². The van der Waals surface area contributed by atoms with Gasteiger partial charge in [-0.25, -0.2) is 4.39 Å². The second-order valence-electron chi connectivity index (χ2n) is 11.1. The standard InChI is InChI=1S/C28H37FN6O4/c1-32-8-3-5-20-24(32)30-27(31-25(20)36)35-10-6-28(7-11-35)23-21(29)17-19(18-22(23)33(2)26(28)37)39-14-4-9-34-12-15-38-16-13-34/h17-18H,3-16H2,1-2H3,(H,30,31,36). The number of H-pyrrole nitrogens is 1. The summed E-state index contributed by atoms with van der Waals surface area (Å²) < 4.78 is 27.0. The molecule has 11 heteroatoms. The summed E-state index contributed by atoms with van der Waals surface area (Å²) in [6, 6.07) is 3.22. The summed E-state index contributed by atoms with van der Waals surface area (Å²) in [4.78, 5) is 42.0. The van der Waals surface area contributed by atoms with E-state index < -0.39 is 11.2 Å². The number of hydrogen-bond acceptors (Lipinski definition) is 8. The Labute approximate surface area is 227 Å². The number of benzene rings is 1. The van der Waals surface area contributed by atoms with Crippen LogP contribution in [0, 0.1) is 5.82 Å². The molecule has 1 amide bonds. The molecule has 1 aromatic heterocycles. The average Bonchev–Trinajstić information content (AvgIpc) is 3.14. The van der Waals surface area contributed by atoms with Crippen molar-refractivity contribution in [3.05, 3.63) is 39.4 Å². The van der Waals surface area contributed by atoms with Crippen LogP contribution in [0.2, 0.25) is 0 Å². The largest absolute Gasteiger partial charge is 0.493 e. The Morgan fingerprint density at radius 3 is 2.64 bits per heavy atom. The second-order valence-corrected chi connectivity index (χ2v) is 11.1. The summed E-state index contributed by atoms with van der Waals surface area (Å²) in [5.41, 5.74) is 0.738. The molecule has 5 heterocycles. The van der Waals surface area contributed by atoms with Crippen molar-refractivity contribution in [1.29, 1.82) is 0 Å². The summed E-state index contributed by atoms with van der Waals surface area (Å²) in [6.07, 6.45) is 3.37. The SMILES string of the molecule is CN1CCCc2c1nc(N1CCC3(CC1)C(=O)N(C)c1cc(OCCCN4CCOCC4)cc(F)c13)[nH]c2=O. The number of nitrogens with one attached hydrogen (secondary N) is 1. The van der Waals surface area contributed by atoms with E-state index in [1.165, 1.54) is 6.07 Å². The van der Waals surface area contributed by atoms with E-state index in [2.05, 4.69) is 9.88 Å². The number of aromatic amines is 1. The molecule has 0 bridgehead atoms. The third kappa shape index (κ3) is 4.65. The molecule has 2 fully saturated rings. The van der Waals surface area contributed by atoms with Gasteiger partial charge >= 0.3 is 0 Å². The Morgan fingerprint density at radius 1 is 1.10 bits per heavy atom. The van der Waals surface area contributed by atoms with Crippen LogP contribution in [0.5, 0.6) is 5.75 Å². The molecule has 2 saturated heterocycles. The lowest BCUT2D eigenvalue weighted by Gasteiger charge is -2.39. The highest BCUT2D eigenvalue weighted by molar-refractivity contribution is 6.08. The normalized spacial score (nSPS) is 20.9. The first kappa shape index (κ1) is 26.1. The van der Waals surface area contributed by atoms with Gasteiger partial charge < -0.3 is 24.2 Å². The van der Waals surface area contributed by atoms with E-state index >= 15 is 4.39 Å². The van der Waals surface area contributed by atoms with Crippen LogP contribution in [0.15, 0.2) is 16.9 Å². The molecule has 4 aliphatic rings. The Hall–Kier alpha value is -3.18. The topological polar surface area (TPSA) is 94.2 Å². The van der Waals surface area contributed by atoms with Gasteiger partial charge in [-0.05, 0) is 32.1 Å². The summed E-state index contributed by atoms with van der Waals surface area (Å²) in [5, 5.41) is 0. The monoisotopic (exact) mass is 540 g/mol. The van der Waals surface area contributed by atoms with Crippen molar-refractivity contribution >= 4 is 23.4 Å². The maximum absolute atomic E-state index is 15.7. The van der Waals surface area contributed by atoms with Gasteiger partial charge in [-0.3, -0.25) is 19.5 Å². The highest BCUT2D eigenvalue weighted by Gasteiger charge is 2.53. The highest BCUT2D eigenvalue weighted by atomic mass is 19.1. The first-order chi connectivity index (χ1) is 18.9. The minimum absolute atomic E-state index is 0.0906. The molecular formula is C28H37FN6O4. The average molecular weight is 541 g/mol. The predicted octanol–water partition coefficient (Wildman–Crippen LogP) is 1.91. The lowest BCUT2D eigenvalue weighted by atomic mass is 9.73. The maximum Gasteiger partial charge on any atom is 0.257 e. The van der Waals surface area contributed by atoms with Gasteiger partial charge in [0, 0.05) is 71.1 Å². The summed E-state index contributed by atoms with van der Waals surface area (Å²) in [5.74, 6) is 1.20. The van der Waals surface area contributed by atoms with Gasteiger partial charge in [-0.1, -0.05) is 0 Å². The van der Waals surface area contributed by atoms with Gasteiger partial charge in [0.1, 0.15) is 17.4 Å². The van der Waals surface area contributed by atoms with Crippen molar-refractivity contribution in [1.82, 2.24) is 14.9 Å². The van der Waals surface area contributed by atoms with E-state index in [1.54, 1.807) is 18.0 Å². The Bertz CT molecular complexity index is 1300. The van der Waals surface area contributed by atoms with Crippen molar-refractivity contribution in [2.75, 3.05) is 87.9 Å². The van der Waals surface area contributed by atoms with Gasteiger partial charge in [-0.15, -0.1) is 0 Å². The van der Waals surface area contributed by atoms with Crippen LogP contribution >= 0.6 is 0 Å². The zero-order chi connectivity index (χ0) is 27.1. The molecule has 1 spiro atoms. The molecule has 39 heavy (non-hydrogen) atoms. The zero-order valence-corrected chi connectivity index (χ0v) is 22.8. The number of rotatable bonds is 6. The Kier molecular flexibility index (Phi) is 6.96. The minimum Gasteiger partial charge on any atom is -0.493 e. The molecule has 0 saturated carbocycles. The fourth-order valence-corrected chi connectivity index (χ4v) is 6.56. The molecule has 1 aromatic carbocycles. The van der Waals surface area contributed by atoms with Gasteiger partial charge in [-0.2, -0.15) is 4.98 Å². The molecule has 4 aliphatic heterocycles. The van der Waals surface area contributed by atoms with Crippen molar-refractivity contribution in [2.45, 2.75) is 37.5 Å². The number of hydrogen-bond donors (Lipinski definition) is 1. The van der Waals surface area contributed by atoms with Crippen LogP contribution < -0.4 is 25.0 Å². The molecule has 0 unspecified atom stereocenters. The number of nitrogens with zero attached hydrogens (tertiary/aromatic N) is 5. The fourth-order valence-electron chi connectivity index (χ4n) is 6.56. The Morgan fingerprint density at radius 2 is 1.87 bits per heavy atom. The first-order valence-electron chi connectivity index (χ1n) is 14.0. The van der Waals surface area contributed by atoms with Crippen molar-refractivity contribution < 1.29 is 18.7 Å². The Balaban J connectivity index is 1.16. The first-order valence-corrected chi connectivity index (χ1v) is 14.0. The number of aromatic nitrogens is 2. The number of likely N-dealkylation sites (N-methyl/N-ethyl adjacent to an activating group) is 1. The van der Waals surface area contributed by atoms with Crippen LogP contribution in [0.3, 0.4) is 0 Å². The van der Waals surface area contributed by atoms with E-state index in [1.807, 2.05) is 16.8 Å². The van der Waals surface area contributed by atoms with Crippen LogP contribution in [0.1, 0.15) is 36.8 Å². The number of amides is 1. The smallest absolute Gasteiger partial charge is 0.257 e. The summed E-state index contributed by atoms with van der Waals surface area (Å²) >= 11 is 0. The molecule has 0 atom stereocenters. The van der Waals surface area contributed by atoms with Crippen molar-refractivity contribution in [3.8, 4) is 5.75 Å². The fraction of sp³-hybridized carbons (Fsp3) is 0.607. The minimum atomic E-state index is -0.926. The lowest BCUT2D eigenvalue weighted by Crippen LogP contribution is -2.49. The molecular weight excluding hydrogens is 503 g/mol. The number of carbonyl (C=O) groups is 1. The van der Waals surface area contributed by atoms with Crippen molar-refractivity contribution in [3.63, 3.8) is 0 Å². The molecule has 0 radical (unpaired) electrons. The summed E-state index contributed by atoms with van der Waals surface area (Å²) in [7, 11) is 3.66. The number of ether oxygens (including phenoxy) is 2. The van der Waals surface area contributed by atoms with Crippen LogP contribution in [-0.2, 0) is 21.4 Å². The quantitative estimate of drug-likeness (QED) is 0.556. The van der Waals surface area contributed by atoms with Gasteiger partial charge in [0.15, 0.2) is 0 Å². The number of morpholine rings is 1. The molecule has 0 aliphatic carbocycles. The van der Waals surface area contributed by atoms with Gasteiger partial charge in [0.25, 0.3) is 5.56 Å². The summed E-state index contributed by atoms with van der Waals surface area (Å²) in [6.45, 7) is 6.61. The number of anilines is 3. The van der Waals surface area contributed by atoms with E-state index in [9.17, 15) is 9.59 Å². The molecule has 1 N–H and O–H groups in total. The number of fused-ring (bicyclic) bond motifs is 3. The van der Waals surface area contributed by atoms with E-state index in [4.69, 9.17) is 14.5 Å². The highest BCUT2D eigenvalue weighted by Crippen LogP contribution is 2.50.